The maximum absolute atomic E-state index is 14.2. The van der Waals surface area contributed by atoms with Gasteiger partial charge in [-0.15, -0.1) is 0 Å². The number of rotatable bonds is 18. The summed E-state index contributed by atoms with van der Waals surface area (Å²) in [7, 11) is -2.42. The van der Waals surface area contributed by atoms with Crippen molar-refractivity contribution >= 4 is 37.8 Å². The second-order valence-electron chi connectivity index (χ2n) is 19.4. The molecule has 13 nitrogen and oxygen atoms in total. The minimum Gasteiger partial charge on any atom is -0.506 e. The van der Waals surface area contributed by atoms with Crippen LogP contribution in [0.3, 0.4) is 0 Å². The molecule has 1 unspecified atom stereocenters. The van der Waals surface area contributed by atoms with Gasteiger partial charge in [-0.1, -0.05) is 69.3 Å². The third-order valence-corrected chi connectivity index (χ3v) is 17.2. The Labute approximate surface area is 372 Å². The van der Waals surface area contributed by atoms with Gasteiger partial charge >= 0.3 is 12.1 Å². The molecule has 2 N–H and O–H groups in total. The number of hydrogen-bond donors (Lipinski definition) is 2. The number of nitrogens with zero attached hydrogens (tertiary/aromatic N) is 2. The fourth-order valence-electron chi connectivity index (χ4n) is 8.21. The minimum absolute atomic E-state index is 0.0496. The number of aromatic hydroxyl groups is 1. The van der Waals surface area contributed by atoms with E-state index in [-0.39, 0.29) is 34.9 Å². The zero-order valence-electron chi connectivity index (χ0n) is 38.1. The standard InChI is InChI=1S/C49H65N3O10Si/c1-47(2,3)61-46(57)52(32-42(62-63(7,8)48(4,5)6)38-21-23-40(54)44-39(38)22-24-43(55)50-44)27-13-10-14-30-58-37-19-17-36(18-20-37)49(59-33-53,35-15-11-9-12-16-35)45(56)60-41-31-51-28-25-34(41)26-29-51/h9,11-12,15-24,33-34,41-42,54H,10,13-14,25-32H2,1-8H3,(H,50,55)/t41-,42-,49?/m0/s1. The van der Waals surface area contributed by atoms with Crippen LogP contribution < -0.4 is 10.3 Å². The number of amides is 1. The molecule has 4 aromatic rings. The summed E-state index contributed by atoms with van der Waals surface area (Å²) >= 11 is 0. The first kappa shape index (κ1) is 47.3. The summed E-state index contributed by atoms with van der Waals surface area (Å²) in [6.45, 7) is 20.2. The van der Waals surface area contributed by atoms with Crippen molar-refractivity contribution in [3.8, 4) is 11.5 Å². The number of phenolic OH excluding ortho intramolecular Hbond substituents is 1. The van der Waals surface area contributed by atoms with E-state index in [2.05, 4.69) is 43.7 Å². The molecule has 3 fully saturated rings. The first-order valence-corrected chi connectivity index (χ1v) is 25.1. The van der Waals surface area contributed by atoms with Crippen LogP contribution in [0.2, 0.25) is 18.1 Å². The number of ether oxygens (including phenoxy) is 4. The number of benzene rings is 3. The number of carbonyl (C=O) groups is 3. The average molecular weight is 884 g/mol. The SMILES string of the molecule is CC(C)(C)OC(=O)N(CCCCCOc1ccc(C(OC=O)(C(=O)O[C@H]2CN3CCC2CC3)c2ccccc2)cc1)C[C@H](O[Si](C)(C)C(C)(C)C)c1ccc(O)c2[nH]c(=O)ccc12. The number of fused-ring (bicyclic) bond motifs is 4. The molecule has 14 heteroatoms. The van der Waals surface area contributed by atoms with Gasteiger partial charge < -0.3 is 38.4 Å². The number of nitrogens with one attached hydrogen (secondary N) is 1. The zero-order valence-corrected chi connectivity index (χ0v) is 39.1. The number of aromatic nitrogens is 1. The van der Waals surface area contributed by atoms with Crippen LogP contribution in [0.25, 0.3) is 10.9 Å². The summed E-state index contributed by atoms with van der Waals surface area (Å²) in [5.74, 6) is 0.185. The highest BCUT2D eigenvalue weighted by atomic mass is 28.4. The Morgan fingerprint density at radius 1 is 0.905 bits per heavy atom. The lowest BCUT2D eigenvalue weighted by atomic mass is 9.84. The number of carbonyl (C=O) groups excluding carboxylic acids is 3. The molecule has 3 saturated heterocycles. The van der Waals surface area contributed by atoms with Crippen molar-refractivity contribution in [2.75, 3.05) is 39.3 Å². The lowest BCUT2D eigenvalue weighted by Crippen LogP contribution is -2.54. The number of H-pyrrole nitrogens is 1. The number of phenols is 1. The highest BCUT2D eigenvalue weighted by Crippen LogP contribution is 2.42. The van der Waals surface area contributed by atoms with E-state index in [1.54, 1.807) is 71.6 Å². The van der Waals surface area contributed by atoms with Crippen LogP contribution in [-0.4, -0.2) is 97.8 Å². The Kier molecular flexibility index (Phi) is 14.8. The van der Waals surface area contributed by atoms with Gasteiger partial charge in [0.25, 0.3) is 12.1 Å². The van der Waals surface area contributed by atoms with Crippen LogP contribution in [0.5, 0.6) is 11.5 Å². The molecule has 340 valence electrons. The van der Waals surface area contributed by atoms with Gasteiger partial charge in [-0.2, -0.15) is 0 Å². The third kappa shape index (κ3) is 11.3. The van der Waals surface area contributed by atoms with Crippen molar-refractivity contribution in [2.45, 2.75) is 115 Å². The maximum atomic E-state index is 14.2. The largest absolute Gasteiger partial charge is 0.506 e. The number of esters is 1. The molecule has 4 heterocycles. The Morgan fingerprint density at radius 3 is 2.21 bits per heavy atom. The van der Waals surface area contributed by atoms with Crippen LogP contribution in [0.15, 0.2) is 83.7 Å². The minimum atomic E-state index is -2.42. The summed E-state index contributed by atoms with van der Waals surface area (Å²) in [5.41, 5.74) is -0.854. The van der Waals surface area contributed by atoms with Crippen LogP contribution in [0.1, 0.15) is 96.4 Å². The van der Waals surface area contributed by atoms with Gasteiger partial charge in [0.1, 0.15) is 23.2 Å². The monoisotopic (exact) mass is 883 g/mol. The molecular formula is C49H65N3O10Si. The van der Waals surface area contributed by atoms with Crippen molar-refractivity contribution in [3.63, 3.8) is 0 Å². The third-order valence-electron chi connectivity index (χ3n) is 12.7. The van der Waals surface area contributed by atoms with Crippen molar-refractivity contribution in [1.29, 1.82) is 0 Å². The van der Waals surface area contributed by atoms with E-state index < -0.39 is 37.7 Å². The summed E-state index contributed by atoms with van der Waals surface area (Å²) in [4.78, 5) is 59.2. The van der Waals surface area contributed by atoms with Gasteiger partial charge in [-0.25, -0.2) is 9.59 Å². The highest BCUT2D eigenvalue weighted by Gasteiger charge is 2.49. The molecule has 0 saturated carbocycles. The van der Waals surface area contributed by atoms with Gasteiger partial charge in [0.05, 0.1) is 24.8 Å². The molecule has 63 heavy (non-hydrogen) atoms. The molecule has 3 aromatic carbocycles. The topological polar surface area (TPSA) is 157 Å². The number of unbranched alkanes of at least 4 members (excludes halogenated alkanes) is 2. The Bertz CT molecular complexity index is 2240. The predicted octanol–water partition coefficient (Wildman–Crippen LogP) is 8.84. The quantitative estimate of drug-likeness (QED) is 0.0324. The second-order valence-corrected chi connectivity index (χ2v) is 24.1. The van der Waals surface area contributed by atoms with E-state index in [1.807, 2.05) is 26.8 Å². The average Bonchev–Trinajstić information content (AvgIpc) is 3.23. The fraction of sp³-hybridized carbons (Fsp3) is 0.510. The molecule has 1 amide bonds. The van der Waals surface area contributed by atoms with Gasteiger partial charge in [0.2, 0.25) is 5.56 Å². The van der Waals surface area contributed by atoms with E-state index in [4.69, 9.17) is 23.4 Å². The smallest absolute Gasteiger partial charge is 0.410 e. The van der Waals surface area contributed by atoms with E-state index in [0.29, 0.717) is 66.8 Å². The normalized spacial score (nSPS) is 19.1. The van der Waals surface area contributed by atoms with Crippen LogP contribution >= 0.6 is 0 Å². The predicted molar refractivity (Wildman–Crippen MR) is 244 cm³/mol. The molecule has 3 atom stereocenters. The molecule has 2 bridgehead atoms. The van der Waals surface area contributed by atoms with Crippen molar-refractivity contribution in [1.82, 2.24) is 14.8 Å². The highest BCUT2D eigenvalue weighted by molar-refractivity contribution is 6.74. The van der Waals surface area contributed by atoms with Crippen LogP contribution in [0.4, 0.5) is 4.79 Å². The fourth-order valence-corrected chi connectivity index (χ4v) is 9.48. The summed E-state index contributed by atoms with van der Waals surface area (Å²) in [6, 6.07) is 22.4. The van der Waals surface area contributed by atoms with Gasteiger partial charge in [0.15, 0.2) is 8.32 Å². The van der Waals surface area contributed by atoms with Gasteiger partial charge in [-0.3, -0.25) is 14.5 Å². The summed E-state index contributed by atoms with van der Waals surface area (Å²) in [6.07, 6.45) is 2.70. The van der Waals surface area contributed by atoms with Gasteiger partial charge in [0, 0.05) is 35.7 Å². The lowest BCUT2D eigenvalue weighted by Gasteiger charge is -2.45. The number of pyridine rings is 1. The lowest BCUT2D eigenvalue weighted by molar-refractivity contribution is -0.184. The molecule has 1 aromatic heterocycles. The second kappa shape index (κ2) is 19.7. The Morgan fingerprint density at radius 2 is 1.59 bits per heavy atom. The van der Waals surface area contributed by atoms with Crippen LogP contribution in [0, 0.1) is 5.92 Å². The first-order chi connectivity index (χ1) is 29.8. The molecular weight excluding hydrogens is 819 g/mol. The molecule has 3 aliphatic rings. The van der Waals surface area contributed by atoms with Crippen molar-refractivity contribution in [2.24, 2.45) is 5.92 Å². The number of hydrogen-bond acceptors (Lipinski definition) is 11. The number of aromatic amines is 1. The van der Waals surface area contributed by atoms with E-state index in [1.165, 1.54) is 6.07 Å². The van der Waals surface area contributed by atoms with Crippen molar-refractivity contribution in [3.05, 3.63) is 106 Å². The van der Waals surface area contributed by atoms with E-state index in [9.17, 15) is 24.3 Å². The zero-order chi connectivity index (χ0) is 45.6. The summed E-state index contributed by atoms with van der Waals surface area (Å²) < 4.78 is 31.0. The molecule has 3 aliphatic heterocycles. The Hall–Kier alpha value is -5.18. The maximum Gasteiger partial charge on any atom is 0.410 e. The molecule has 0 spiro atoms. The number of piperidine rings is 3. The van der Waals surface area contributed by atoms with E-state index in [0.717, 1.165) is 37.9 Å². The summed E-state index contributed by atoms with van der Waals surface area (Å²) in [5, 5.41) is 11.2. The first-order valence-electron chi connectivity index (χ1n) is 22.2. The van der Waals surface area contributed by atoms with E-state index >= 15 is 0 Å². The van der Waals surface area contributed by atoms with Crippen LogP contribution in [-0.2, 0) is 33.8 Å². The molecule has 0 radical (unpaired) electrons. The van der Waals surface area contributed by atoms with Gasteiger partial charge in [-0.05, 0) is 120 Å². The Balaban J connectivity index is 1.13. The van der Waals surface area contributed by atoms with Crippen molar-refractivity contribution < 1.29 is 42.9 Å². The molecule has 7 rings (SSSR count). The molecule has 0 aliphatic carbocycles.